The van der Waals surface area contributed by atoms with Crippen LogP contribution in [0, 0.1) is 5.41 Å². The van der Waals surface area contributed by atoms with Crippen molar-refractivity contribution in [1.29, 1.82) is 0 Å². The number of rotatable bonds is 3. The highest BCUT2D eigenvalue weighted by Gasteiger charge is 2.23. The third-order valence-electron chi connectivity index (χ3n) is 3.46. The molecule has 2 rings (SSSR count). The van der Waals surface area contributed by atoms with Crippen LogP contribution in [-0.4, -0.2) is 20.6 Å². The Morgan fingerprint density at radius 1 is 1.39 bits per heavy atom. The van der Waals surface area contributed by atoms with Gasteiger partial charge in [-0.05, 0) is 18.4 Å². The molecule has 2 heterocycles. The molecule has 1 atom stereocenters. The van der Waals surface area contributed by atoms with Gasteiger partial charge in [0, 0.05) is 25.2 Å². The molecule has 0 radical (unpaired) electrons. The Morgan fingerprint density at radius 2 is 2.11 bits per heavy atom. The summed E-state index contributed by atoms with van der Waals surface area (Å²) in [5, 5.41) is 0. The van der Waals surface area contributed by atoms with Crippen LogP contribution < -0.4 is 5.73 Å². The maximum absolute atomic E-state index is 6.26. The highest BCUT2D eigenvalue weighted by Crippen LogP contribution is 2.22. The van der Waals surface area contributed by atoms with Crippen molar-refractivity contribution in [3.8, 4) is 0 Å². The van der Waals surface area contributed by atoms with Crippen LogP contribution in [0.25, 0.3) is 11.0 Å². The van der Waals surface area contributed by atoms with Gasteiger partial charge in [0.2, 0.25) is 0 Å². The van der Waals surface area contributed by atoms with E-state index in [9.17, 15) is 0 Å². The number of pyridine rings is 1. The molecule has 4 nitrogen and oxygen atoms in total. The number of nitrogens with two attached hydrogens (primary N) is 1. The van der Waals surface area contributed by atoms with E-state index in [0.717, 1.165) is 29.8 Å². The summed E-state index contributed by atoms with van der Waals surface area (Å²) in [6.07, 6.45) is 4.42. The van der Waals surface area contributed by atoms with Crippen LogP contribution in [0.3, 0.4) is 0 Å². The normalized spacial score (nSPS) is 14.1. The molecule has 0 aliphatic heterocycles. The molecule has 0 aromatic carbocycles. The molecular formula is C14H22N4. The largest absolute Gasteiger partial charge is 0.328 e. The Kier molecular flexibility index (Phi) is 3.39. The summed E-state index contributed by atoms with van der Waals surface area (Å²) >= 11 is 0. The molecule has 0 saturated carbocycles. The average Bonchev–Trinajstić information content (AvgIpc) is 2.64. The van der Waals surface area contributed by atoms with Crippen LogP contribution >= 0.6 is 0 Å². The van der Waals surface area contributed by atoms with Gasteiger partial charge >= 0.3 is 0 Å². The van der Waals surface area contributed by atoms with Gasteiger partial charge in [-0.3, -0.25) is 4.98 Å². The van der Waals surface area contributed by atoms with Crippen molar-refractivity contribution in [3.63, 3.8) is 0 Å². The van der Waals surface area contributed by atoms with E-state index in [1.165, 1.54) is 0 Å². The van der Waals surface area contributed by atoms with E-state index < -0.39 is 0 Å². The molecule has 2 N–H and O–H groups in total. The summed E-state index contributed by atoms with van der Waals surface area (Å²) < 4.78 is 2.22. The number of imidazole rings is 1. The van der Waals surface area contributed by atoms with E-state index >= 15 is 0 Å². The molecule has 4 heteroatoms. The van der Waals surface area contributed by atoms with E-state index in [1.807, 2.05) is 18.5 Å². The lowest BCUT2D eigenvalue weighted by molar-refractivity contribution is 0.313. The van der Waals surface area contributed by atoms with Crippen LogP contribution in [0.4, 0.5) is 0 Å². The summed E-state index contributed by atoms with van der Waals surface area (Å²) in [6.45, 7) is 9.54. The van der Waals surface area contributed by atoms with E-state index in [0.29, 0.717) is 0 Å². The predicted molar refractivity (Wildman–Crippen MR) is 74.3 cm³/mol. The van der Waals surface area contributed by atoms with Crippen molar-refractivity contribution in [2.75, 3.05) is 0 Å². The molecule has 2 aromatic heterocycles. The maximum atomic E-state index is 6.26. The Balaban J connectivity index is 2.39. The van der Waals surface area contributed by atoms with Crippen molar-refractivity contribution in [2.24, 2.45) is 11.1 Å². The van der Waals surface area contributed by atoms with E-state index in [4.69, 9.17) is 5.73 Å². The van der Waals surface area contributed by atoms with Crippen molar-refractivity contribution in [3.05, 3.63) is 24.3 Å². The summed E-state index contributed by atoms with van der Waals surface area (Å²) in [4.78, 5) is 8.78. The Hall–Kier alpha value is -1.42. The number of fused-ring (bicyclic) bond motifs is 1. The first kappa shape index (κ1) is 13.0. The standard InChI is InChI=1S/C14H22N4/c1-5-18-11-6-7-16-9-10(11)17-13(18)8-12(15)14(2,3)4/h6-7,9,12H,5,8,15H2,1-4H3. The van der Waals surface area contributed by atoms with Crippen molar-refractivity contribution in [1.82, 2.24) is 14.5 Å². The maximum Gasteiger partial charge on any atom is 0.111 e. The van der Waals surface area contributed by atoms with Crippen LogP contribution in [0.2, 0.25) is 0 Å². The molecule has 2 aromatic rings. The van der Waals surface area contributed by atoms with Gasteiger partial charge in [-0.2, -0.15) is 0 Å². The average molecular weight is 246 g/mol. The van der Waals surface area contributed by atoms with E-state index in [-0.39, 0.29) is 11.5 Å². The van der Waals surface area contributed by atoms with Gasteiger partial charge < -0.3 is 10.3 Å². The third-order valence-corrected chi connectivity index (χ3v) is 3.46. The zero-order valence-electron chi connectivity index (χ0n) is 11.6. The lowest BCUT2D eigenvalue weighted by Crippen LogP contribution is -2.37. The van der Waals surface area contributed by atoms with Gasteiger partial charge in [-0.1, -0.05) is 20.8 Å². The molecule has 0 aliphatic carbocycles. The monoisotopic (exact) mass is 246 g/mol. The molecule has 0 amide bonds. The van der Waals surface area contributed by atoms with Gasteiger partial charge in [0.1, 0.15) is 11.3 Å². The molecule has 0 aliphatic rings. The van der Waals surface area contributed by atoms with Gasteiger partial charge in [0.25, 0.3) is 0 Å². The first-order chi connectivity index (χ1) is 8.43. The minimum Gasteiger partial charge on any atom is -0.328 e. The Morgan fingerprint density at radius 3 is 2.72 bits per heavy atom. The van der Waals surface area contributed by atoms with Crippen LogP contribution in [0.1, 0.15) is 33.5 Å². The number of hydrogen-bond donors (Lipinski definition) is 1. The molecule has 0 bridgehead atoms. The second-order valence-corrected chi connectivity index (χ2v) is 5.81. The second-order valence-electron chi connectivity index (χ2n) is 5.81. The van der Waals surface area contributed by atoms with E-state index in [1.54, 1.807) is 0 Å². The fourth-order valence-electron chi connectivity index (χ4n) is 2.04. The van der Waals surface area contributed by atoms with Gasteiger partial charge in [0.05, 0.1) is 11.7 Å². The smallest absolute Gasteiger partial charge is 0.111 e. The third kappa shape index (κ3) is 2.38. The van der Waals surface area contributed by atoms with Crippen molar-refractivity contribution in [2.45, 2.75) is 46.7 Å². The second kappa shape index (κ2) is 4.69. The Labute approximate surface area is 108 Å². The summed E-state index contributed by atoms with van der Waals surface area (Å²) in [7, 11) is 0. The number of nitrogens with zero attached hydrogens (tertiary/aromatic N) is 3. The fourth-order valence-corrected chi connectivity index (χ4v) is 2.04. The summed E-state index contributed by atoms with van der Waals surface area (Å²) in [5.41, 5.74) is 8.45. The van der Waals surface area contributed by atoms with Gasteiger partial charge in [-0.25, -0.2) is 4.98 Å². The molecule has 98 valence electrons. The highest BCUT2D eigenvalue weighted by atomic mass is 15.1. The quantitative estimate of drug-likeness (QED) is 0.904. The number of aryl methyl sites for hydroxylation is 1. The zero-order valence-corrected chi connectivity index (χ0v) is 11.6. The lowest BCUT2D eigenvalue weighted by Gasteiger charge is -2.26. The fraction of sp³-hybridized carbons (Fsp3) is 0.571. The molecule has 0 spiro atoms. The van der Waals surface area contributed by atoms with Crippen LogP contribution in [-0.2, 0) is 13.0 Å². The number of hydrogen-bond acceptors (Lipinski definition) is 3. The van der Waals surface area contributed by atoms with Crippen molar-refractivity contribution >= 4 is 11.0 Å². The predicted octanol–water partition coefficient (Wildman–Crippen LogP) is 2.37. The Bertz CT molecular complexity index is 536. The molecule has 0 saturated heterocycles. The molecular weight excluding hydrogens is 224 g/mol. The lowest BCUT2D eigenvalue weighted by atomic mass is 9.85. The molecule has 0 fully saturated rings. The minimum absolute atomic E-state index is 0.0922. The summed E-state index contributed by atoms with van der Waals surface area (Å²) in [6, 6.07) is 2.12. The highest BCUT2D eigenvalue weighted by molar-refractivity contribution is 5.74. The topological polar surface area (TPSA) is 56.7 Å². The minimum atomic E-state index is 0.0922. The SMILES string of the molecule is CCn1c(CC(N)C(C)(C)C)nc2cnccc21. The molecule has 18 heavy (non-hydrogen) atoms. The number of aromatic nitrogens is 3. The van der Waals surface area contributed by atoms with Crippen LogP contribution in [0.15, 0.2) is 18.5 Å². The van der Waals surface area contributed by atoms with E-state index in [2.05, 4.69) is 42.2 Å². The molecule has 1 unspecified atom stereocenters. The van der Waals surface area contributed by atoms with Crippen LogP contribution in [0.5, 0.6) is 0 Å². The summed E-state index contributed by atoms with van der Waals surface area (Å²) in [5.74, 6) is 1.06. The van der Waals surface area contributed by atoms with Crippen molar-refractivity contribution < 1.29 is 0 Å². The van der Waals surface area contributed by atoms with Gasteiger partial charge in [0.15, 0.2) is 0 Å². The first-order valence-corrected chi connectivity index (χ1v) is 6.48. The first-order valence-electron chi connectivity index (χ1n) is 6.48. The zero-order chi connectivity index (χ0) is 13.3. The van der Waals surface area contributed by atoms with Gasteiger partial charge in [-0.15, -0.1) is 0 Å².